The van der Waals surface area contributed by atoms with Crippen LogP contribution in [0, 0.1) is 25.7 Å². The minimum absolute atomic E-state index is 0.204. The van der Waals surface area contributed by atoms with E-state index in [2.05, 4.69) is 21.8 Å². The van der Waals surface area contributed by atoms with E-state index in [1.807, 2.05) is 64.1 Å². The van der Waals surface area contributed by atoms with Gasteiger partial charge in [-0.3, -0.25) is 0 Å². The number of nitrogens with one attached hydrogen (secondary N) is 1. The zero-order valence-electron chi connectivity index (χ0n) is 20.1. The van der Waals surface area contributed by atoms with Crippen molar-refractivity contribution in [3.05, 3.63) is 76.9 Å². The minimum Gasteiger partial charge on any atom is -0.478 e. The van der Waals surface area contributed by atoms with Crippen molar-refractivity contribution in [2.75, 3.05) is 7.11 Å². The van der Waals surface area contributed by atoms with Gasteiger partial charge in [0.15, 0.2) is 0 Å². The Hall–Kier alpha value is -3.82. The lowest BCUT2D eigenvalue weighted by atomic mass is 10.1. The predicted octanol–water partition coefficient (Wildman–Crippen LogP) is 6.18. The summed E-state index contributed by atoms with van der Waals surface area (Å²) in [5, 5.41) is 16.3. The van der Waals surface area contributed by atoms with Crippen LogP contribution in [0.15, 0.2) is 54.6 Å². The van der Waals surface area contributed by atoms with E-state index in [9.17, 15) is 9.90 Å². The number of allylic oxidation sites excluding steroid dienone is 4. The van der Waals surface area contributed by atoms with E-state index in [-0.39, 0.29) is 5.56 Å². The van der Waals surface area contributed by atoms with Gasteiger partial charge in [-0.1, -0.05) is 56.1 Å². The van der Waals surface area contributed by atoms with Crippen molar-refractivity contribution in [3.8, 4) is 23.6 Å². The second-order valence-electron chi connectivity index (χ2n) is 6.57. The van der Waals surface area contributed by atoms with Crippen LogP contribution in [0.3, 0.4) is 0 Å². The van der Waals surface area contributed by atoms with Gasteiger partial charge in [0.05, 0.1) is 16.6 Å². The van der Waals surface area contributed by atoms with Gasteiger partial charge in [0.1, 0.15) is 5.75 Å². The Kier molecular flexibility index (Phi) is 11.8. The number of imidazole rings is 1. The molecular weight excluding hydrogens is 416 g/mol. The number of aromatic carboxylic acids is 1. The fourth-order valence-electron chi connectivity index (χ4n) is 2.79. The van der Waals surface area contributed by atoms with Crippen LogP contribution in [-0.2, 0) is 0 Å². The molecular formula is C27H32N2O4. The second kappa shape index (κ2) is 14.3. The lowest BCUT2D eigenvalue weighted by molar-refractivity contribution is 0.0695. The number of aliphatic hydroxyl groups is 1. The molecule has 0 aliphatic carbocycles. The van der Waals surface area contributed by atoms with E-state index < -0.39 is 5.97 Å². The highest BCUT2D eigenvalue weighted by Crippen LogP contribution is 2.25. The van der Waals surface area contributed by atoms with E-state index >= 15 is 0 Å². The van der Waals surface area contributed by atoms with Crippen LogP contribution in [0.5, 0.6) is 11.8 Å². The van der Waals surface area contributed by atoms with Gasteiger partial charge < -0.3 is 19.9 Å². The number of ether oxygens (including phenoxy) is 1. The highest BCUT2D eigenvalue weighted by atomic mass is 16.5. The summed E-state index contributed by atoms with van der Waals surface area (Å²) in [7, 11) is 1.00. The van der Waals surface area contributed by atoms with Crippen LogP contribution in [0.4, 0.5) is 0 Å². The fourth-order valence-corrected chi connectivity index (χ4v) is 2.79. The number of carboxylic acid groups (broad SMARTS) is 1. The van der Waals surface area contributed by atoms with Gasteiger partial charge in [-0.05, 0) is 56.2 Å². The largest absolute Gasteiger partial charge is 0.478 e. The molecule has 0 atom stereocenters. The van der Waals surface area contributed by atoms with E-state index in [1.54, 1.807) is 19.1 Å². The van der Waals surface area contributed by atoms with Crippen molar-refractivity contribution in [2.24, 2.45) is 0 Å². The van der Waals surface area contributed by atoms with Crippen LogP contribution in [0.1, 0.15) is 54.2 Å². The van der Waals surface area contributed by atoms with Gasteiger partial charge in [-0.25, -0.2) is 4.79 Å². The lowest BCUT2D eigenvalue weighted by Gasteiger charge is -2.05. The third-order valence-electron chi connectivity index (χ3n) is 4.34. The molecule has 0 unspecified atom stereocenters. The fraction of sp³-hybridized carbons (Fsp3) is 0.259. The first kappa shape index (κ1) is 27.2. The summed E-state index contributed by atoms with van der Waals surface area (Å²) in [6.45, 7) is 9.72. The Morgan fingerprint density at radius 1 is 1.12 bits per heavy atom. The molecule has 0 aliphatic rings. The Bertz CT molecular complexity index is 1180. The van der Waals surface area contributed by atoms with Crippen LogP contribution >= 0.6 is 0 Å². The van der Waals surface area contributed by atoms with Crippen LogP contribution in [-0.4, -0.2) is 33.3 Å². The number of H-pyrrole nitrogens is 1. The second-order valence-corrected chi connectivity index (χ2v) is 6.57. The van der Waals surface area contributed by atoms with Gasteiger partial charge in [-0.2, -0.15) is 4.98 Å². The van der Waals surface area contributed by atoms with Crippen LogP contribution in [0.2, 0.25) is 0 Å². The SMILES string of the molecule is C/C=C\C=C/CC#Cc1cc2nc(Oc3ccc(C)c(C(=O)O)c3)[nH]c2cc1C.CC.CO. The summed E-state index contributed by atoms with van der Waals surface area (Å²) in [6, 6.07) is 9.14. The number of hydrogen-bond acceptors (Lipinski definition) is 4. The first-order chi connectivity index (χ1) is 16.0. The Labute approximate surface area is 195 Å². The summed E-state index contributed by atoms with van der Waals surface area (Å²) < 4.78 is 5.74. The number of aromatic nitrogens is 2. The van der Waals surface area contributed by atoms with Crippen LogP contribution in [0.25, 0.3) is 11.0 Å². The molecule has 6 nitrogen and oxygen atoms in total. The van der Waals surface area contributed by atoms with E-state index in [0.717, 1.165) is 29.3 Å². The number of carbonyl (C=O) groups is 1. The molecule has 2 aromatic carbocycles. The molecule has 174 valence electrons. The molecule has 0 saturated heterocycles. The van der Waals surface area contributed by atoms with Gasteiger partial charge >= 0.3 is 5.97 Å². The maximum atomic E-state index is 11.3. The molecule has 1 heterocycles. The molecule has 3 rings (SSSR count). The molecule has 33 heavy (non-hydrogen) atoms. The summed E-state index contributed by atoms with van der Waals surface area (Å²) in [5.74, 6) is 5.75. The highest BCUT2D eigenvalue weighted by molar-refractivity contribution is 5.89. The van der Waals surface area contributed by atoms with Crippen molar-refractivity contribution in [3.63, 3.8) is 0 Å². The molecule has 0 amide bonds. The lowest BCUT2D eigenvalue weighted by Crippen LogP contribution is -2.00. The Morgan fingerprint density at radius 2 is 1.85 bits per heavy atom. The summed E-state index contributed by atoms with van der Waals surface area (Å²) in [4.78, 5) is 18.9. The number of benzene rings is 2. The van der Waals surface area contributed by atoms with Crippen molar-refractivity contribution in [1.29, 1.82) is 0 Å². The maximum absolute atomic E-state index is 11.3. The molecule has 0 bridgehead atoms. The number of nitrogens with zero attached hydrogens (tertiary/aromatic N) is 1. The number of carboxylic acids is 1. The standard InChI is InChI=1S/C24H22N2O3.C2H6.CH4O/c1-4-5-6-7-8-9-10-18-14-22-21(13-17(18)3)25-24(26-22)29-19-12-11-16(2)20(15-19)23(27)28;2*1-2/h4-7,11-15H,8H2,1-3H3,(H,25,26)(H,27,28);1-2H3;2H,1H3/b5-4-,7-6-;;. The zero-order chi connectivity index (χ0) is 24.8. The molecule has 0 radical (unpaired) electrons. The molecule has 0 fully saturated rings. The Balaban J connectivity index is 0.00000129. The van der Waals surface area contributed by atoms with Gasteiger partial charge in [-0.15, -0.1) is 0 Å². The summed E-state index contributed by atoms with van der Waals surface area (Å²) in [6.07, 6.45) is 8.60. The minimum atomic E-state index is -0.989. The van der Waals surface area contributed by atoms with E-state index in [4.69, 9.17) is 9.84 Å². The molecule has 0 spiro atoms. The van der Waals surface area contributed by atoms with E-state index in [0.29, 0.717) is 23.7 Å². The number of fused-ring (bicyclic) bond motifs is 1. The molecule has 0 aliphatic heterocycles. The third kappa shape index (κ3) is 7.99. The monoisotopic (exact) mass is 448 g/mol. The molecule has 1 aromatic heterocycles. The van der Waals surface area contributed by atoms with Crippen molar-refractivity contribution >= 4 is 17.0 Å². The molecule has 3 aromatic rings. The zero-order valence-corrected chi connectivity index (χ0v) is 20.1. The van der Waals surface area contributed by atoms with Crippen molar-refractivity contribution in [2.45, 2.75) is 41.0 Å². The Morgan fingerprint density at radius 3 is 2.52 bits per heavy atom. The average Bonchev–Trinajstić information content (AvgIpc) is 3.20. The van der Waals surface area contributed by atoms with Gasteiger partial charge in [0.2, 0.25) is 0 Å². The number of hydrogen-bond donors (Lipinski definition) is 3. The highest BCUT2D eigenvalue weighted by Gasteiger charge is 2.11. The smallest absolute Gasteiger partial charge is 0.336 e. The molecule has 6 heteroatoms. The summed E-state index contributed by atoms with van der Waals surface area (Å²) in [5.41, 5.74) is 4.41. The average molecular weight is 449 g/mol. The number of aromatic amines is 1. The number of aliphatic hydroxyl groups excluding tert-OH is 1. The number of aryl methyl sites for hydroxylation is 2. The van der Waals surface area contributed by atoms with Crippen molar-refractivity contribution < 1.29 is 19.7 Å². The molecule has 0 saturated carbocycles. The quantitative estimate of drug-likeness (QED) is 0.320. The maximum Gasteiger partial charge on any atom is 0.336 e. The first-order valence-corrected chi connectivity index (χ1v) is 10.7. The number of rotatable bonds is 5. The predicted molar refractivity (Wildman–Crippen MR) is 134 cm³/mol. The third-order valence-corrected chi connectivity index (χ3v) is 4.34. The van der Waals surface area contributed by atoms with Gasteiger partial charge in [0, 0.05) is 19.1 Å². The molecule has 3 N–H and O–H groups in total. The van der Waals surface area contributed by atoms with E-state index in [1.165, 1.54) is 6.07 Å². The summed E-state index contributed by atoms with van der Waals surface area (Å²) >= 11 is 0. The van der Waals surface area contributed by atoms with Crippen LogP contribution < -0.4 is 4.74 Å². The van der Waals surface area contributed by atoms with Crippen molar-refractivity contribution in [1.82, 2.24) is 9.97 Å². The first-order valence-electron chi connectivity index (χ1n) is 10.7. The topological polar surface area (TPSA) is 95.4 Å². The van der Waals surface area contributed by atoms with Gasteiger partial charge in [0.25, 0.3) is 6.01 Å². The normalized spacial score (nSPS) is 10.2.